The fourth-order valence-electron chi connectivity index (χ4n) is 2.79. The SMILES string of the molecule is COc1ccccc1N1CC(C(=O)Nc2ccc(Cl)cc2Cl)CC1=O. The minimum Gasteiger partial charge on any atom is -0.495 e. The summed E-state index contributed by atoms with van der Waals surface area (Å²) in [6.07, 6.45) is 0.134. The van der Waals surface area contributed by atoms with Gasteiger partial charge in [0, 0.05) is 18.0 Å². The number of nitrogens with zero attached hydrogens (tertiary/aromatic N) is 1. The topological polar surface area (TPSA) is 58.6 Å². The third-order valence-electron chi connectivity index (χ3n) is 4.06. The summed E-state index contributed by atoms with van der Waals surface area (Å²) in [5.74, 6) is -0.247. The van der Waals surface area contributed by atoms with Crippen LogP contribution in [0.2, 0.25) is 10.0 Å². The van der Waals surface area contributed by atoms with E-state index < -0.39 is 5.92 Å². The number of hydrogen-bond acceptors (Lipinski definition) is 3. The number of carbonyl (C=O) groups excluding carboxylic acids is 2. The summed E-state index contributed by atoms with van der Waals surface area (Å²) in [6, 6.07) is 12.1. The number of ether oxygens (including phenoxy) is 1. The molecule has 1 heterocycles. The minimum atomic E-state index is -0.468. The maximum atomic E-state index is 12.5. The molecule has 2 amide bonds. The second kappa shape index (κ2) is 7.33. The van der Waals surface area contributed by atoms with Gasteiger partial charge in [0.15, 0.2) is 0 Å². The van der Waals surface area contributed by atoms with Gasteiger partial charge < -0.3 is 15.0 Å². The Labute approximate surface area is 155 Å². The lowest BCUT2D eigenvalue weighted by atomic mass is 10.1. The molecule has 0 aromatic heterocycles. The summed E-state index contributed by atoms with van der Waals surface area (Å²) < 4.78 is 5.30. The van der Waals surface area contributed by atoms with Crippen LogP contribution in [0.15, 0.2) is 42.5 Å². The number of anilines is 2. The lowest BCUT2D eigenvalue weighted by molar-refractivity contribution is -0.122. The molecule has 1 aliphatic rings. The van der Waals surface area contributed by atoms with Crippen LogP contribution in [0.25, 0.3) is 0 Å². The number of nitrogens with one attached hydrogen (secondary N) is 1. The van der Waals surface area contributed by atoms with Crippen LogP contribution in [0.5, 0.6) is 5.75 Å². The van der Waals surface area contributed by atoms with Crippen molar-refractivity contribution in [1.82, 2.24) is 0 Å². The molecule has 3 rings (SSSR count). The molecular formula is C18H16Cl2N2O3. The maximum absolute atomic E-state index is 12.5. The number of carbonyl (C=O) groups is 2. The van der Waals surface area contributed by atoms with Gasteiger partial charge in [-0.2, -0.15) is 0 Å². The lowest BCUT2D eigenvalue weighted by Gasteiger charge is -2.19. The molecule has 0 bridgehead atoms. The highest BCUT2D eigenvalue weighted by atomic mass is 35.5. The summed E-state index contributed by atoms with van der Waals surface area (Å²) >= 11 is 11.9. The van der Waals surface area contributed by atoms with E-state index in [1.807, 2.05) is 12.1 Å². The van der Waals surface area contributed by atoms with Gasteiger partial charge in [-0.3, -0.25) is 9.59 Å². The van der Waals surface area contributed by atoms with Crippen molar-refractivity contribution in [3.05, 3.63) is 52.5 Å². The Kier molecular flexibility index (Phi) is 5.16. The molecule has 1 fully saturated rings. The molecule has 1 saturated heterocycles. The Hall–Kier alpha value is -2.24. The zero-order valence-electron chi connectivity index (χ0n) is 13.5. The Balaban J connectivity index is 1.74. The first-order valence-electron chi connectivity index (χ1n) is 7.69. The van der Waals surface area contributed by atoms with Gasteiger partial charge in [0.1, 0.15) is 5.75 Å². The van der Waals surface area contributed by atoms with E-state index in [0.29, 0.717) is 27.2 Å². The van der Waals surface area contributed by atoms with Gasteiger partial charge in [-0.25, -0.2) is 0 Å². The molecule has 5 nitrogen and oxygen atoms in total. The molecule has 0 radical (unpaired) electrons. The number of amides is 2. The largest absolute Gasteiger partial charge is 0.495 e. The molecule has 1 N–H and O–H groups in total. The van der Waals surface area contributed by atoms with Crippen LogP contribution >= 0.6 is 23.2 Å². The number of halogens is 2. The van der Waals surface area contributed by atoms with Gasteiger partial charge in [0.25, 0.3) is 0 Å². The Morgan fingerprint density at radius 3 is 2.72 bits per heavy atom. The second-order valence-corrected chi connectivity index (χ2v) is 6.53. The van der Waals surface area contributed by atoms with Crippen molar-refractivity contribution in [1.29, 1.82) is 0 Å². The fourth-order valence-corrected chi connectivity index (χ4v) is 3.25. The van der Waals surface area contributed by atoms with Crippen molar-refractivity contribution < 1.29 is 14.3 Å². The standard InChI is InChI=1S/C18H16Cl2N2O3/c1-25-16-5-3-2-4-15(16)22-10-11(8-17(22)23)18(24)21-14-7-6-12(19)9-13(14)20/h2-7,9,11H,8,10H2,1H3,(H,21,24). The highest BCUT2D eigenvalue weighted by Gasteiger charge is 2.36. The van der Waals surface area contributed by atoms with Crippen LogP contribution in [0.4, 0.5) is 11.4 Å². The fraction of sp³-hybridized carbons (Fsp3) is 0.222. The van der Waals surface area contributed by atoms with Crippen molar-refractivity contribution in [2.24, 2.45) is 5.92 Å². The van der Waals surface area contributed by atoms with Crippen LogP contribution < -0.4 is 15.0 Å². The van der Waals surface area contributed by atoms with Gasteiger partial charge in [-0.15, -0.1) is 0 Å². The first-order chi connectivity index (χ1) is 12.0. The van der Waals surface area contributed by atoms with Crippen LogP contribution in [-0.4, -0.2) is 25.5 Å². The zero-order valence-corrected chi connectivity index (χ0v) is 15.0. The van der Waals surface area contributed by atoms with Crippen molar-refractivity contribution in [2.75, 3.05) is 23.9 Å². The molecule has 1 atom stereocenters. The highest BCUT2D eigenvalue weighted by molar-refractivity contribution is 6.36. The predicted octanol–water partition coefficient (Wildman–Crippen LogP) is 3.99. The van der Waals surface area contributed by atoms with E-state index >= 15 is 0 Å². The van der Waals surface area contributed by atoms with Crippen molar-refractivity contribution >= 4 is 46.4 Å². The van der Waals surface area contributed by atoms with Crippen LogP contribution in [0, 0.1) is 5.92 Å². The van der Waals surface area contributed by atoms with E-state index in [0.717, 1.165) is 0 Å². The van der Waals surface area contributed by atoms with Crippen LogP contribution in [0.3, 0.4) is 0 Å². The second-order valence-electron chi connectivity index (χ2n) is 5.69. The quantitative estimate of drug-likeness (QED) is 0.874. The van der Waals surface area contributed by atoms with Gasteiger partial charge in [-0.1, -0.05) is 35.3 Å². The maximum Gasteiger partial charge on any atom is 0.229 e. The molecule has 1 unspecified atom stereocenters. The summed E-state index contributed by atoms with van der Waals surface area (Å²) in [7, 11) is 1.55. The van der Waals surface area contributed by atoms with Crippen molar-refractivity contribution in [3.8, 4) is 5.75 Å². The molecular weight excluding hydrogens is 363 g/mol. The molecule has 0 saturated carbocycles. The molecule has 2 aromatic rings. The third kappa shape index (κ3) is 3.72. The Morgan fingerprint density at radius 1 is 1.24 bits per heavy atom. The van der Waals surface area contributed by atoms with E-state index in [1.165, 1.54) is 0 Å². The molecule has 130 valence electrons. The highest BCUT2D eigenvalue weighted by Crippen LogP contribution is 2.33. The molecule has 25 heavy (non-hydrogen) atoms. The number of methoxy groups -OCH3 is 1. The van der Waals surface area contributed by atoms with Gasteiger partial charge in [0.05, 0.1) is 29.4 Å². The average Bonchev–Trinajstić information content (AvgIpc) is 2.99. The first-order valence-corrected chi connectivity index (χ1v) is 8.44. The number of para-hydroxylation sites is 2. The smallest absolute Gasteiger partial charge is 0.229 e. The van der Waals surface area contributed by atoms with E-state index in [4.69, 9.17) is 27.9 Å². The summed E-state index contributed by atoms with van der Waals surface area (Å²) in [5.41, 5.74) is 1.13. The van der Waals surface area contributed by atoms with Crippen molar-refractivity contribution in [2.45, 2.75) is 6.42 Å². The Morgan fingerprint density at radius 2 is 2.00 bits per heavy atom. The Bertz CT molecular complexity index is 826. The zero-order chi connectivity index (χ0) is 18.0. The number of benzene rings is 2. The monoisotopic (exact) mass is 378 g/mol. The molecule has 2 aromatic carbocycles. The first kappa shape index (κ1) is 17.6. The molecule has 0 aliphatic carbocycles. The molecule has 7 heteroatoms. The molecule has 0 spiro atoms. The number of rotatable bonds is 4. The van der Waals surface area contributed by atoms with Crippen LogP contribution in [-0.2, 0) is 9.59 Å². The van der Waals surface area contributed by atoms with Gasteiger partial charge in [-0.05, 0) is 30.3 Å². The lowest BCUT2D eigenvalue weighted by Crippen LogP contribution is -2.28. The van der Waals surface area contributed by atoms with Gasteiger partial charge >= 0.3 is 0 Å². The summed E-state index contributed by atoms with van der Waals surface area (Å²) in [5, 5.41) is 3.60. The molecule has 1 aliphatic heterocycles. The summed E-state index contributed by atoms with van der Waals surface area (Å²) in [6.45, 7) is 0.288. The average molecular weight is 379 g/mol. The summed E-state index contributed by atoms with van der Waals surface area (Å²) in [4.78, 5) is 26.5. The van der Waals surface area contributed by atoms with E-state index in [2.05, 4.69) is 5.32 Å². The number of hydrogen-bond donors (Lipinski definition) is 1. The van der Waals surface area contributed by atoms with E-state index in [-0.39, 0.29) is 24.8 Å². The normalized spacial score (nSPS) is 16.8. The minimum absolute atomic E-state index is 0.119. The van der Waals surface area contributed by atoms with Crippen molar-refractivity contribution in [3.63, 3.8) is 0 Å². The van der Waals surface area contributed by atoms with E-state index in [1.54, 1.807) is 42.3 Å². The van der Waals surface area contributed by atoms with E-state index in [9.17, 15) is 9.59 Å². The predicted molar refractivity (Wildman–Crippen MR) is 98.5 cm³/mol. The van der Waals surface area contributed by atoms with Crippen LogP contribution in [0.1, 0.15) is 6.42 Å². The third-order valence-corrected chi connectivity index (χ3v) is 4.61. The van der Waals surface area contributed by atoms with Gasteiger partial charge in [0.2, 0.25) is 11.8 Å².